The van der Waals surface area contributed by atoms with Crippen molar-refractivity contribution in [2.75, 3.05) is 6.61 Å². The van der Waals surface area contributed by atoms with Crippen LogP contribution in [-0.2, 0) is 11.2 Å². The highest BCUT2D eigenvalue weighted by atomic mass is 35.5. The molecule has 0 saturated heterocycles. The van der Waals surface area contributed by atoms with Crippen LogP contribution < -0.4 is 0 Å². The van der Waals surface area contributed by atoms with Crippen molar-refractivity contribution in [3.8, 4) is 0 Å². The number of halogens is 1. The summed E-state index contributed by atoms with van der Waals surface area (Å²) in [5.41, 5.74) is 0.883. The predicted octanol–water partition coefficient (Wildman–Crippen LogP) is 3.14. The third kappa shape index (κ3) is 5.07. The summed E-state index contributed by atoms with van der Waals surface area (Å²) in [4.78, 5) is 11.2. The Labute approximate surface area is 112 Å². The lowest BCUT2D eigenvalue weighted by Crippen LogP contribution is -2.16. The second-order valence-electron chi connectivity index (χ2n) is 4.40. The van der Waals surface area contributed by atoms with Gasteiger partial charge in [-0.2, -0.15) is 0 Å². The summed E-state index contributed by atoms with van der Waals surface area (Å²) >= 11 is 6.03. The number of carbonyl (C=O) groups is 1. The third-order valence-corrected chi connectivity index (χ3v) is 3.35. The van der Waals surface area contributed by atoms with Crippen molar-refractivity contribution >= 4 is 17.6 Å². The summed E-state index contributed by atoms with van der Waals surface area (Å²) < 4.78 is 0. The SMILES string of the molecule is O=C(O)C(CCCCCO)Cc1ccccc1Cl. The van der Waals surface area contributed by atoms with E-state index in [1.807, 2.05) is 18.2 Å². The lowest BCUT2D eigenvalue weighted by atomic mass is 9.94. The second-order valence-corrected chi connectivity index (χ2v) is 4.81. The van der Waals surface area contributed by atoms with Crippen molar-refractivity contribution in [1.82, 2.24) is 0 Å². The number of unbranched alkanes of at least 4 members (excludes halogenated alkanes) is 2. The van der Waals surface area contributed by atoms with E-state index in [9.17, 15) is 9.90 Å². The highest BCUT2D eigenvalue weighted by Gasteiger charge is 2.18. The van der Waals surface area contributed by atoms with Crippen LogP contribution in [0.4, 0.5) is 0 Å². The first-order valence-corrected chi connectivity index (χ1v) is 6.60. The van der Waals surface area contributed by atoms with E-state index < -0.39 is 11.9 Å². The van der Waals surface area contributed by atoms with Gasteiger partial charge in [-0.05, 0) is 30.9 Å². The molecule has 0 saturated carbocycles. The van der Waals surface area contributed by atoms with E-state index >= 15 is 0 Å². The van der Waals surface area contributed by atoms with E-state index in [1.54, 1.807) is 6.07 Å². The maximum absolute atomic E-state index is 11.2. The molecule has 1 atom stereocenters. The Hall–Kier alpha value is -1.06. The van der Waals surface area contributed by atoms with Crippen molar-refractivity contribution < 1.29 is 15.0 Å². The quantitative estimate of drug-likeness (QED) is 0.714. The van der Waals surface area contributed by atoms with Gasteiger partial charge in [0.05, 0.1) is 5.92 Å². The number of carboxylic acid groups (broad SMARTS) is 1. The van der Waals surface area contributed by atoms with E-state index in [4.69, 9.17) is 16.7 Å². The maximum Gasteiger partial charge on any atom is 0.306 e. The molecule has 1 aromatic carbocycles. The first-order chi connectivity index (χ1) is 8.65. The molecule has 0 aromatic heterocycles. The molecule has 0 aliphatic rings. The maximum atomic E-state index is 11.2. The van der Waals surface area contributed by atoms with Crippen LogP contribution in [0.2, 0.25) is 5.02 Å². The standard InChI is InChI=1S/C14H19ClO3/c15-13-8-4-3-6-11(13)10-12(14(17)18)7-2-1-5-9-16/h3-4,6,8,12,16H,1-2,5,7,9-10H2,(H,17,18). The van der Waals surface area contributed by atoms with Gasteiger partial charge in [-0.25, -0.2) is 0 Å². The number of aliphatic hydroxyl groups excluding tert-OH is 1. The molecule has 0 fully saturated rings. The van der Waals surface area contributed by atoms with Crippen LogP contribution in [0.25, 0.3) is 0 Å². The van der Waals surface area contributed by atoms with Gasteiger partial charge in [0, 0.05) is 11.6 Å². The number of hydrogen-bond acceptors (Lipinski definition) is 2. The largest absolute Gasteiger partial charge is 0.481 e. The van der Waals surface area contributed by atoms with Gasteiger partial charge in [0.1, 0.15) is 0 Å². The second kappa shape index (κ2) is 8.11. The zero-order valence-electron chi connectivity index (χ0n) is 10.3. The molecule has 1 unspecified atom stereocenters. The van der Waals surface area contributed by atoms with Crippen LogP contribution in [0, 0.1) is 5.92 Å². The van der Waals surface area contributed by atoms with Gasteiger partial charge in [0.15, 0.2) is 0 Å². The molecule has 0 radical (unpaired) electrons. The van der Waals surface area contributed by atoms with Crippen molar-refractivity contribution in [3.05, 3.63) is 34.9 Å². The van der Waals surface area contributed by atoms with Crippen molar-refractivity contribution in [2.24, 2.45) is 5.92 Å². The molecule has 0 bridgehead atoms. The Balaban J connectivity index is 2.53. The van der Waals surface area contributed by atoms with Gasteiger partial charge in [-0.15, -0.1) is 0 Å². The number of aliphatic carboxylic acids is 1. The molecule has 0 heterocycles. The van der Waals surface area contributed by atoms with Crippen LogP contribution in [0.1, 0.15) is 31.2 Å². The fraction of sp³-hybridized carbons (Fsp3) is 0.500. The predicted molar refractivity (Wildman–Crippen MR) is 71.8 cm³/mol. The zero-order chi connectivity index (χ0) is 13.4. The Morgan fingerprint density at radius 1 is 1.22 bits per heavy atom. The van der Waals surface area contributed by atoms with E-state index in [0.29, 0.717) is 17.9 Å². The molecule has 1 aromatic rings. The number of carboxylic acids is 1. The zero-order valence-corrected chi connectivity index (χ0v) is 11.1. The topological polar surface area (TPSA) is 57.5 Å². The Morgan fingerprint density at radius 3 is 2.56 bits per heavy atom. The van der Waals surface area contributed by atoms with Crippen LogP contribution in [0.15, 0.2) is 24.3 Å². The summed E-state index contributed by atoms with van der Waals surface area (Å²) in [5, 5.41) is 18.5. The smallest absolute Gasteiger partial charge is 0.306 e. The van der Waals surface area contributed by atoms with Crippen LogP contribution in [0.5, 0.6) is 0 Å². The summed E-state index contributed by atoms with van der Waals surface area (Å²) in [6, 6.07) is 7.35. The molecule has 100 valence electrons. The highest BCUT2D eigenvalue weighted by molar-refractivity contribution is 6.31. The van der Waals surface area contributed by atoms with Crippen LogP contribution >= 0.6 is 11.6 Å². The van der Waals surface area contributed by atoms with Crippen molar-refractivity contribution in [1.29, 1.82) is 0 Å². The number of aliphatic hydroxyl groups is 1. The molecule has 0 spiro atoms. The molecule has 18 heavy (non-hydrogen) atoms. The first-order valence-electron chi connectivity index (χ1n) is 6.22. The molecule has 3 nitrogen and oxygen atoms in total. The fourth-order valence-corrected chi connectivity index (χ4v) is 2.13. The number of benzene rings is 1. The van der Waals surface area contributed by atoms with Gasteiger partial charge < -0.3 is 10.2 Å². The van der Waals surface area contributed by atoms with E-state index in [2.05, 4.69) is 0 Å². The van der Waals surface area contributed by atoms with Crippen LogP contribution in [-0.4, -0.2) is 22.8 Å². The Morgan fingerprint density at radius 2 is 1.94 bits per heavy atom. The monoisotopic (exact) mass is 270 g/mol. The molecular weight excluding hydrogens is 252 g/mol. The lowest BCUT2D eigenvalue weighted by Gasteiger charge is -2.13. The first kappa shape index (κ1) is 15.0. The summed E-state index contributed by atoms with van der Waals surface area (Å²) in [7, 11) is 0. The summed E-state index contributed by atoms with van der Waals surface area (Å²) in [6.07, 6.45) is 3.51. The molecule has 1 rings (SSSR count). The normalized spacial score (nSPS) is 12.3. The minimum Gasteiger partial charge on any atom is -0.481 e. The Kier molecular flexibility index (Phi) is 6.76. The molecule has 0 aliphatic heterocycles. The number of rotatable bonds is 8. The summed E-state index contributed by atoms with van der Waals surface area (Å²) in [5.74, 6) is -1.18. The highest BCUT2D eigenvalue weighted by Crippen LogP contribution is 2.22. The number of hydrogen-bond donors (Lipinski definition) is 2. The third-order valence-electron chi connectivity index (χ3n) is 2.98. The fourth-order valence-electron chi connectivity index (χ4n) is 1.92. The molecule has 0 aliphatic carbocycles. The van der Waals surface area contributed by atoms with Gasteiger partial charge in [-0.1, -0.05) is 42.6 Å². The van der Waals surface area contributed by atoms with E-state index in [0.717, 1.165) is 24.8 Å². The molecule has 4 heteroatoms. The van der Waals surface area contributed by atoms with Gasteiger partial charge >= 0.3 is 5.97 Å². The van der Waals surface area contributed by atoms with Gasteiger partial charge in [0.25, 0.3) is 0 Å². The van der Waals surface area contributed by atoms with Gasteiger partial charge in [-0.3, -0.25) is 4.79 Å². The average molecular weight is 271 g/mol. The molecule has 2 N–H and O–H groups in total. The van der Waals surface area contributed by atoms with Crippen molar-refractivity contribution in [3.63, 3.8) is 0 Å². The average Bonchev–Trinajstić information content (AvgIpc) is 2.35. The van der Waals surface area contributed by atoms with E-state index in [-0.39, 0.29) is 6.61 Å². The summed E-state index contributed by atoms with van der Waals surface area (Å²) in [6.45, 7) is 0.169. The minimum absolute atomic E-state index is 0.169. The van der Waals surface area contributed by atoms with Crippen molar-refractivity contribution in [2.45, 2.75) is 32.1 Å². The minimum atomic E-state index is -0.779. The molecule has 0 amide bonds. The Bertz CT molecular complexity index is 379. The van der Waals surface area contributed by atoms with E-state index in [1.165, 1.54) is 0 Å². The molecular formula is C14H19ClO3. The lowest BCUT2D eigenvalue weighted by molar-refractivity contribution is -0.142. The van der Waals surface area contributed by atoms with Crippen LogP contribution in [0.3, 0.4) is 0 Å². The van der Waals surface area contributed by atoms with Gasteiger partial charge in [0.2, 0.25) is 0 Å².